The standard InChI is InChI=1S/C19H19N3O2S/c1-3-24-18-10-14(6-9-17(18)23)11-20-22-19-21-16(12-25-19)15-7-4-13(2)5-8-15/h4-12,23H,3H2,1-2H3,(H,21,22). The lowest BCUT2D eigenvalue weighted by Crippen LogP contribution is -1.94. The monoisotopic (exact) mass is 353 g/mol. The molecule has 0 spiro atoms. The third-order valence-electron chi connectivity index (χ3n) is 3.51. The van der Waals surface area contributed by atoms with E-state index in [1.807, 2.05) is 12.3 Å². The molecule has 0 saturated carbocycles. The van der Waals surface area contributed by atoms with Crippen molar-refractivity contribution in [3.8, 4) is 22.8 Å². The van der Waals surface area contributed by atoms with Crippen molar-refractivity contribution >= 4 is 22.7 Å². The van der Waals surface area contributed by atoms with Crippen LogP contribution >= 0.6 is 11.3 Å². The van der Waals surface area contributed by atoms with Crippen molar-refractivity contribution in [2.45, 2.75) is 13.8 Å². The van der Waals surface area contributed by atoms with Crippen LogP contribution < -0.4 is 10.2 Å². The number of hydrazone groups is 1. The molecule has 128 valence electrons. The lowest BCUT2D eigenvalue weighted by Gasteiger charge is -2.05. The highest BCUT2D eigenvalue weighted by Crippen LogP contribution is 2.27. The molecule has 6 heteroatoms. The Morgan fingerprint density at radius 1 is 1.24 bits per heavy atom. The van der Waals surface area contributed by atoms with E-state index in [-0.39, 0.29) is 5.75 Å². The summed E-state index contributed by atoms with van der Waals surface area (Å²) >= 11 is 1.50. The second-order valence-electron chi connectivity index (χ2n) is 5.43. The van der Waals surface area contributed by atoms with Crippen LogP contribution in [0.15, 0.2) is 52.9 Å². The Bertz CT molecular complexity index is 873. The molecule has 0 bridgehead atoms. The molecule has 3 aromatic rings. The first-order chi connectivity index (χ1) is 12.2. The number of thiazole rings is 1. The second-order valence-corrected chi connectivity index (χ2v) is 6.29. The zero-order valence-electron chi connectivity index (χ0n) is 14.1. The van der Waals surface area contributed by atoms with E-state index in [0.29, 0.717) is 12.4 Å². The number of ether oxygens (including phenoxy) is 1. The predicted molar refractivity (Wildman–Crippen MR) is 103 cm³/mol. The Kier molecular flexibility index (Phi) is 5.30. The maximum absolute atomic E-state index is 9.70. The van der Waals surface area contributed by atoms with Gasteiger partial charge in [-0.25, -0.2) is 4.98 Å². The van der Waals surface area contributed by atoms with Crippen molar-refractivity contribution in [3.63, 3.8) is 0 Å². The van der Waals surface area contributed by atoms with Crippen LogP contribution in [0.2, 0.25) is 0 Å². The minimum Gasteiger partial charge on any atom is -0.504 e. The zero-order chi connectivity index (χ0) is 17.6. The maximum atomic E-state index is 9.70. The molecule has 0 atom stereocenters. The lowest BCUT2D eigenvalue weighted by molar-refractivity contribution is 0.318. The molecule has 0 aliphatic carbocycles. The van der Waals surface area contributed by atoms with Crippen molar-refractivity contribution in [1.29, 1.82) is 0 Å². The molecule has 0 saturated heterocycles. The number of nitrogens with one attached hydrogen (secondary N) is 1. The molecule has 0 amide bonds. The quantitative estimate of drug-likeness (QED) is 0.499. The van der Waals surface area contributed by atoms with Gasteiger partial charge in [0, 0.05) is 10.9 Å². The van der Waals surface area contributed by atoms with E-state index in [9.17, 15) is 5.11 Å². The van der Waals surface area contributed by atoms with Gasteiger partial charge in [0.15, 0.2) is 11.5 Å². The molecule has 2 aromatic carbocycles. The van der Waals surface area contributed by atoms with E-state index in [4.69, 9.17) is 4.74 Å². The van der Waals surface area contributed by atoms with Crippen LogP contribution in [0.4, 0.5) is 5.13 Å². The number of rotatable bonds is 6. The summed E-state index contributed by atoms with van der Waals surface area (Å²) in [5.41, 5.74) is 6.99. The fourth-order valence-electron chi connectivity index (χ4n) is 2.23. The minimum absolute atomic E-state index is 0.120. The van der Waals surface area contributed by atoms with Gasteiger partial charge in [-0.2, -0.15) is 5.10 Å². The molecule has 3 rings (SSSR count). The number of aromatic nitrogens is 1. The Morgan fingerprint density at radius 3 is 2.80 bits per heavy atom. The third kappa shape index (κ3) is 4.36. The summed E-state index contributed by atoms with van der Waals surface area (Å²) < 4.78 is 5.36. The average Bonchev–Trinajstić information content (AvgIpc) is 3.07. The average molecular weight is 353 g/mol. The lowest BCUT2D eigenvalue weighted by atomic mass is 10.1. The van der Waals surface area contributed by atoms with Gasteiger partial charge in [0.2, 0.25) is 5.13 Å². The number of aryl methyl sites for hydroxylation is 1. The highest BCUT2D eigenvalue weighted by Gasteiger charge is 2.04. The van der Waals surface area contributed by atoms with Gasteiger partial charge >= 0.3 is 0 Å². The number of hydrogen-bond acceptors (Lipinski definition) is 6. The Balaban J connectivity index is 1.67. The number of phenolic OH excluding ortho intramolecular Hbond substituents is 1. The number of nitrogens with zero attached hydrogens (tertiary/aromatic N) is 2. The molecule has 0 aliphatic heterocycles. The molecule has 1 heterocycles. The smallest absolute Gasteiger partial charge is 0.203 e. The summed E-state index contributed by atoms with van der Waals surface area (Å²) in [5.74, 6) is 0.567. The van der Waals surface area contributed by atoms with Crippen LogP contribution in [0.1, 0.15) is 18.1 Å². The number of benzene rings is 2. The SMILES string of the molecule is CCOc1cc(C=NNc2nc(-c3ccc(C)cc3)cs2)ccc1O. The molecular weight excluding hydrogens is 334 g/mol. The summed E-state index contributed by atoms with van der Waals surface area (Å²) in [6, 6.07) is 13.4. The molecule has 0 unspecified atom stereocenters. The predicted octanol–water partition coefficient (Wildman–Crippen LogP) is 4.67. The summed E-state index contributed by atoms with van der Waals surface area (Å²) in [6.07, 6.45) is 1.66. The van der Waals surface area contributed by atoms with Gasteiger partial charge in [-0.3, -0.25) is 5.43 Å². The fraction of sp³-hybridized carbons (Fsp3) is 0.158. The topological polar surface area (TPSA) is 66.7 Å². The van der Waals surface area contributed by atoms with Crippen molar-refractivity contribution in [2.24, 2.45) is 5.10 Å². The maximum Gasteiger partial charge on any atom is 0.203 e. The second kappa shape index (κ2) is 7.81. The van der Waals surface area contributed by atoms with E-state index >= 15 is 0 Å². The molecule has 0 radical (unpaired) electrons. The summed E-state index contributed by atoms with van der Waals surface area (Å²) in [7, 11) is 0. The van der Waals surface area contributed by atoms with E-state index < -0.39 is 0 Å². The molecule has 2 N–H and O–H groups in total. The van der Waals surface area contributed by atoms with Crippen LogP contribution in [0.3, 0.4) is 0 Å². The highest BCUT2D eigenvalue weighted by molar-refractivity contribution is 7.14. The van der Waals surface area contributed by atoms with Crippen molar-refractivity contribution in [2.75, 3.05) is 12.0 Å². The van der Waals surface area contributed by atoms with Gasteiger partial charge in [0.25, 0.3) is 0 Å². The first-order valence-corrected chi connectivity index (χ1v) is 8.81. The summed E-state index contributed by atoms with van der Waals surface area (Å²) in [4.78, 5) is 4.53. The van der Waals surface area contributed by atoms with E-state index in [2.05, 4.69) is 46.7 Å². The zero-order valence-corrected chi connectivity index (χ0v) is 14.9. The number of aromatic hydroxyl groups is 1. The first kappa shape index (κ1) is 17.0. The molecule has 0 aliphatic rings. The Morgan fingerprint density at radius 2 is 2.04 bits per heavy atom. The minimum atomic E-state index is 0.120. The van der Waals surface area contributed by atoms with Gasteiger partial charge in [-0.15, -0.1) is 11.3 Å². The van der Waals surface area contributed by atoms with Gasteiger partial charge in [-0.05, 0) is 37.6 Å². The van der Waals surface area contributed by atoms with Gasteiger partial charge in [0.1, 0.15) is 0 Å². The van der Waals surface area contributed by atoms with Crippen molar-refractivity contribution < 1.29 is 9.84 Å². The van der Waals surface area contributed by atoms with Gasteiger partial charge in [-0.1, -0.05) is 29.8 Å². The van der Waals surface area contributed by atoms with Gasteiger partial charge < -0.3 is 9.84 Å². The van der Waals surface area contributed by atoms with E-state index in [0.717, 1.165) is 22.0 Å². The molecular formula is C19H19N3O2S. The Hall–Kier alpha value is -2.86. The van der Waals surface area contributed by atoms with Crippen LogP contribution in [-0.4, -0.2) is 22.9 Å². The molecule has 25 heavy (non-hydrogen) atoms. The first-order valence-electron chi connectivity index (χ1n) is 7.93. The van der Waals surface area contributed by atoms with Crippen LogP contribution in [0, 0.1) is 6.92 Å². The van der Waals surface area contributed by atoms with E-state index in [1.165, 1.54) is 16.9 Å². The van der Waals surface area contributed by atoms with Crippen molar-refractivity contribution in [1.82, 2.24) is 4.98 Å². The van der Waals surface area contributed by atoms with Crippen LogP contribution in [0.5, 0.6) is 11.5 Å². The highest BCUT2D eigenvalue weighted by atomic mass is 32.1. The third-order valence-corrected chi connectivity index (χ3v) is 4.26. The van der Waals surface area contributed by atoms with Gasteiger partial charge in [0.05, 0.1) is 18.5 Å². The number of hydrogen-bond donors (Lipinski definition) is 2. The van der Waals surface area contributed by atoms with Crippen molar-refractivity contribution in [3.05, 3.63) is 59.0 Å². The molecule has 5 nitrogen and oxygen atoms in total. The summed E-state index contributed by atoms with van der Waals surface area (Å²) in [6.45, 7) is 4.43. The molecule has 0 fully saturated rings. The number of anilines is 1. The van der Waals surface area contributed by atoms with Crippen LogP contribution in [-0.2, 0) is 0 Å². The molecule has 1 aromatic heterocycles. The van der Waals surface area contributed by atoms with Crippen LogP contribution in [0.25, 0.3) is 11.3 Å². The normalized spacial score (nSPS) is 11.0. The largest absolute Gasteiger partial charge is 0.504 e. The Labute approximate surface area is 150 Å². The fourth-order valence-corrected chi connectivity index (χ4v) is 2.89. The number of phenols is 1. The summed E-state index contributed by atoms with van der Waals surface area (Å²) in [5, 5.41) is 16.6. The van der Waals surface area contributed by atoms with E-state index in [1.54, 1.807) is 24.4 Å².